The van der Waals surface area contributed by atoms with Crippen LogP contribution in [0, 0.1) is 12.8 Å². The Morgan fingerprint density at radius 1 is 0.550 bits per heavy atom. The average Bonchev–Trinajstić information content (AvgIpc) is 3.41. The number of hydrogen-bond donors (Lipinski definition) is 0. The van der Waals surface area contributed by atoms with Gasteiger partial charge < -0.3 is 0 Å². The number of benzene rings is 3. The van der Waals surface area contributed by atoms with Crippen molar-refractivity contribution >= 4 is 19.2 Å². The monoisotopic (exact) mass is 544 g/mol. The van der Waals surface area contributed by atoms with Crippen LogP contribution in [0.1, 0.15) is 143 Å². The fourth-order valence-corrected chi connectivity index (χ4v) is 11.0. The molecular weight excluding hydrogens is 497 g/mol. The van der Waals surface area contributed by atoms with Gasteiger partial charge in [0.2, 0.25) is 0 Å². The predicted molar refractivity (Wildman–Crippen MR) is 179 cm³/mol. The van der Waals surface area contributed by atoms with Gasteiger partial charge in [-0.2, -0.15) is 0 Å². The second kappa shape index (κ2) is 11.3. The summed E-state index contributed by atoms with van der Waals surface area (Å²) in [7, 11) is -1.68. The van der Waals surface area contributed by atoms with Crippen molar-refractivity contribution < 1.29 is 0 Å². The van der Waals surface area contributed by atoms with Crippen LogP contribution in [-0.2, 0) is 6.04 Å². The van der Waals surface area contributed by atoms with Gasteiger partial charge in [-0.1, -0.05) is 137 Å². The highest BCUT2D eigenvalue weighted by molar-refractivity contribution is 6.95. The quantitative estimate of drug-likeness (QED) is 0.247. The summed E-state index contributed by atoms with van der Waals surface area (Å²) in [5.74, 6) is 2.04. The van der Waals surface area contributed by atoms with Gasteiger partial charge in [0.15, 0.2) is 0 Å². The van der Waals surface area contributed by atoms with Gasteiger partial charge in [-0.15, -0.1) is 0 Å². The van der Waals surface area contributed by atoms with Crippen LogP contribution in [0.5, 0.6) is 0 Å². The standard InChI is InChI=1S/C39H48Si/c1-23(2)30-18-32-16-27(9)38(36(32)34(20-30)25(5)6)40(22-29-14-12-11-13-15-29)39-28(10)17-33-19-31(24(3)4)21-35(26(7)8)37(33)39/h11-21,23-26,40H,22H2,1-10H3. The van der Waals surface area contributed by atoms with E-state index in [0.29, 0.717) is 23.7 Å². The second-order valence-electron chi connectivity index (χ2n) is 13.5. The van der Waals surface area contributed by atoms with Gasteiger partial charge >= 0.3 is 0 Å². The van der Waals surface area contributed by atoms with Crippen molar-refractivity contribution in [1.82, 2.24) is 0 Å². The molecule has 0 bridgehead atoms. The van der Waals surface area contributed by atoms with Crippen molar-refractivity contribution in [2.45, 2.75) is 99.0 Å². The van der Waals surface area contributed by atoms with Crippen LogP contribution in [0.3, 0.4) is 0 Å². The lowest BCUT2D eigenvalue weighted by Crippen LogP contribution is -2.24. The van der Waals surface area contributed by atoms with E-state index in [1.54, 1.807) is 21.5 Å². The highest BCUT2D eigenvalue weighted by Gasteiger charge is 2.37. The lowest BCUT2D eigenvalue weighted by atomic mass is 9.89. The number of fused-ring (bicyclic) bond motifs is 2. The van der Waals surface area contributed by atoms with Crippen molar-refractivity contribution in [3.05, 3.63) is 129 Å². The summed E-state index contributed by atoms with van der Waals surface area (Å²) in [6.07, 6.45) is 5.02. The molecule has 2 radical (unpaired) electrons. The Morgan fingerprint density at radius 3 is 1.35 bits per heavy atom. The molecule has 0 saturated heterocycles. The van der Waals surface area contributed by atoms with Crippen molar-refractivity contribution in [3.8, 4) is 0 Å². The first-order valence-corrected chi connectivity index (χ1v) is 17.5. The van der Waals surface area contributed by atoms with Gasteiger partial charge in [0.25, 0.3) is 0 Å². The highest BCUT2D eigenvalue weighted by atomic mass is 28.3. The molecule has 40 heavy (non-hydrogen) atoms. The van der Waals surface area contributed by atoms with E-state index in [2.05, 4.69) is 137 Å². The van der Waals surface area contributed by atoms with Crippen LogP contribution in [-0.4, -0.2) is 8.80 Å². The van der Waals surface area contributed by atoms with E-state index in [0.717, 1.165) is 6.04 Å². The number of hydrogen-bond acceptors (Lipinski definition) is 0. The summed E-state index contributed by atoms with van der Waals surface area (Å²) in [5, 5.41) is 3.35. The van der Waals surface area contributed by atoms with E-state index in [1.807, 2.05) is 0 Å². The molecule has 0 amide bonds. The van der Waals surface area contributed by atoms with Crippen LogP contribution < -0.4 is 0 Å². The molecule has 0 N–H and O–H groups in total. The molecule has 0 unspecified atom stereocenters. The predicted octanol–water partition coefficient (Wildman–Crippen LogP) is 10.6. The van der Waals surface area contributed by atoms with Crippen LogP contribution in [0.25, 0.3) is 10.4 Å². The molecule has 1 heteroatoms. The van der Waals surface area contributed by atoms with Crippen molar-refractivity contribution in [2.75, 3.05) is 0 Å². The molecule has 0 atom stereocenters. The fraction of sp³-hybridized carbons (Fsp3) is 0.385. The van der Waals surface area contributed by atoms with Gasteiger partial charge in [0.1, 0.15) is 8.80 Å². The first kappa shape index (κ1) is 28.9. The molecule has 2 aliphatic carbocycles. The molecule has 0 aromatic heterocycles. The molecule has 0 nitrogen and oxygen atoms in total. The van der Waals surface area contributed by atoms with Gasteiger partial charge in [-0.3, -0.25) is 0 Å². The summed E-state index contributed by atoms with van der Waals surface area (Å²) in [6, 6.07) is 22.5. The minimum absolute atomic E-state index is 0.491. The Bertz CT molecular complexity index is 1380. The van der Waals surface area contributed by atoms with E-state index in [1.165, 1.54) is 50.1 Å². The van der Waals surface area contributed by atoms with E-state index in [9.17, 15) is 0 Å². The minimum Gasteiger partial charge on any atom is -0.0649 e. The zero-order valence-corrected chi connectivity index (χ0v) is 27.6. The maximum atomic E-state index is 2.53. The molecule has 0 aliphatic heterocycles. The minimum atomic E-state index is -1.68. The lowest BCUT2D eigenvalue weighted by Gasteiger charge is -2.28. The smallest absolute Gasteiger partial charge is 0.0649 e. The maximum absolute atomic E-state index is 2.53. The SMILES string of the molecule is CC1=C([SiH](Cc2ccccc2)C2=C(C)[CH]c3cc(C(C)C)cc(C(C)C)c32)c2c(cc(C(C)C)cc2C(C)C)[CH]1. The Morgan fingerprint density at radius 2 is 0.975 bits per heavy atom. The Labute approximate surface area is 246 Å². The molecule has 2 aliphatic rings. The topological polar surface area (TPSA) is 0 Å². The van der Waals surface area contributed by atoms with E-state index < -0.39 is 8.80 Å². The van der Waals surface area contributed by atoms with E-state index in [4.69, 9.17) is 0 Å². The summed E-state index contributed by atoms with van der Waals surface area (Å²) in [5.41, 5.74) is 16.5. The van der Waals surface area contributed by atoms with Gasteiger partial charge in [-0.25, -0.2) is 0 Å². The molecule has 5 rings (SSSR count). The largest absolute Gasteiger partial charge is 0.108 e. The zero-order chi connectivity index (χ0) is 28.9. The Hall–Kier alpha value is -2.64. The van der Waals surface area contributed by atoms with E-state index >= 15 is 0 Å². The van der Waals surface area contributed by atoms with Crippen molar-refractivity contribution in [2.24, 2.45) is 0 Å². The normalized spacial score (nSPS) is 15.1. The average molecular weight is 545 g/mol. The fourth-order valence-electron chi connectivity index (χ4n) is 6.96. The van der Waals surface area contributed by atoms with E-state index in [-0.39, 0.29) is 0 Å². The summed E-state index contributed by atoms with van der Waals surface area (Å²) in [4.78, 5) is 0. The van der Waals surface area contributed by atoms with Crippen molar-refractivity contribution in [3.63, 3.8) is 0 Å². The zero-order valence-electron chi connectivity index (χ0n) is 26.4. The third kappa shape index (κ3) is 5.23. The molecule has 3 aromatic carbocycles. The van der Waals surface area contributed by atoms with Crippen molar-refractivity contribution in [1.29, 1.82) is 0 Å². The van der Waals surface area contributed by atoms with Crippen LogP contribution in [0.4, 0.5) is 0 Å². The molecule has 208 valence electrons. The maximum Gasteiger partial charge on any atom is 0.108 e. The molecule has 0 heterocycles. The van der Waals surface area contributed by atoms with Gasteiger partial charge in [-0.05, 0) is 88.1 Å². The first-order chi connectivity index (χ1) is 19.0. The highest BCUT2D eigenvalue weighted by Crippen LogP contribution is 2.49. The third-order valence-corrected chi connectivity index (χ3v) is 12.9. The Balaban J connectivity index is 1.76. The van der Waals surface area contributed by atoms with Gasteiger partial charge in [0.05, 0.1) is 0 Å². The lowest BCUT2D eigenvalue weighted by molar-refractivity contribution is 0.830. The summed E-state index contributed by atoms with van der Waals surface area (Å²) < 4.78 is 0. The summed E-state index contributed by atoms with van der Waals surface area (Å²) in [6.45, 7) is 23.6. The number of allylic oxidation sites excluding steroid dienone is 2. The van der Waals surface area contributed by atoms with Crippen LogP contribution in [0.15, 0.2) is 65.7 Å². The van der Waals surface area contributed by atoms with Crippen LogP contribution in [0.2, 0.25) is 0 Å². The number of rotatable bonds is 8. The first-order valence-electron chi connectivity index (χ1n) is 15.5. The molecule has 0 spiro atoms. The third-order valence-electron chi connectivity index (χ3n) is 9.13. The summed E-state index contributed by atoms with van der Waals surface area (Å²) >= 11 is 0. The Kier molecular flexibility index (Phi) is 8.17. The molecule has 0 saturated carbocycles. The molecule has 3 aromatic rings. The molecular formula is C39H48Si. The van der Waals surface area contributed by atoms with Crippen LogP contribution >= 0.6 is 0 Å². The molecule has 0 fully saturated rings. The second-order valence-corrected chi connectivity index (χ2v) is 16.2. The van der Waals surface area contributed by atoms with Gasteiger partial charge in [0, 0.05) is 12.8 Å².